The third kappa shape index (κ3) is 3.74. The highest BCUT2D eigenvalue weighted by Crippen LogP contribution is 2.22. The van der Waals surface area contributed by atoms with Crippen LogP contribution in [0.3, 0.4) is 0 Å². The molecule has 1 unspecified atom stereocenters. The van der Waals surface area contributed by atoms with Crippen molar-refractivity contribution in [3.63, 3.8) is 0 Å². The van der Waals surface area contributed by atoms with Gasteiger partial charge in [0.15, 0.2) is 15.7 Å². The monoisotopic (exact) mass is 407 g/mol. The van der Waals surface area contributed by atoms with Gasteiger partial charge in [0.25, 0.3) is 0 Å². The van der Waals surface area contributed by atoms with Crippen molar-refractivity contribution in [2.75, 3.05) is 5.32 Å². The zero-order valence-corrected chi connectivity index (χ0v) is 15.6. The largest absolute Gasteiger partial charge is 0.322 e. The summed E-state index contributed by atoms with van der Waals surface area (Å²) < 4.78 is 53.6. The Balaban J connectivity index is 1.86. The van der Waals surface area contributed by atoms with Gasteiger partial charge in [-0.15, -0.1) is 5.10 Å². The van der Waals surface area contributed by atoms with E-state index in [-0.39, 0.29) is 10.6 Å². The highest BCUT2D eigenvalue weighted by molar-refractivity contribution is 7.92. The lowest BCUT2D eigenvalue weighted by Gasteiger charge is -2.14. The van der Waals surface area contributed by atoms with Crippen LogP contribution < -0.4 is 5.32 Å². The molecule has 0 aliphatic heterocycles. The summed E-state index contributed by atoms with van der Waals surface area (Å²) >= 11 is 0. The summed E-state index contributed by atoms with van der Waals surface area (Å²) in [5.41, 5.74) is 0.159. The van der Waals surface area contributed by atoms with Crippen molar-refractivity contribution in [2.24, 2.45) is 0 Å². The van der Waals surface area contributed by atoms with Crippen LogP contribution in [-0.4, -0.2) is 39.8 Å². The zero-order chi connectivity index (χ0) is 20.5. The minimum absolute atomic E-state index is 0.213. The van der Waals surface area contributed by atoms with E-state index >= 15 is 0 Å². The number of amides is 1. The Morgan fingerprint density at radius 3 is 2.43 bits per heavy atom. The molecule has 1 amide bonds. The van der Waals surface area contributed by atoms with E-state index in [1.54, 1.807) is 6.92 Å². The van der Waals surface area contributed by atoms with Gasteiger partial charge in [0, 0.05) is 0 Å². The Morgan fingerprint density at radius 2 is 1.82 bits per heavy atom. The van der Waals surface area contributed by atoms with Crippen LogP contribution in [0, 0.1) is 18.6 Å². The number of carbonyl (C=O) groups is 1. The van der Waals surface area contributed by atoms with Gasteiger partial charge in [-0.2, -0.15) is 4.68 Å². The van der Waals surface area contributed by atoms with Crippen molar-refractivity contribution >= 4 is 21.4 Å². The molecule has 1 atom stereocenters. The Bertz CT molecular complexity index is 1130. The second-order valence-corrected chi connectivity index (χ2v) is 8.20. The molecule has 1 aromatic heterocycles. The highest BCUT2D eigenvalue weighted by Gasteiger charge is 2.30. The van der Waals surface area contributed by atoms with Gasteiger partial charge in [-0.3, -0.25) is 4.79 Å². The molecule has 0 aliphatic carbocycles. The Hall–Kier alpha value is -3.21. The van der Waals surface area contributed by atoms with Crippen molar-refractivity contribution in [3.8, 4) is 5.69 Å². The van der Waals surface area contributed by atoms with E-state index in [9.17, 15) is 22.0 Å². The van der Waals surface area contributed by atoms with E-state index in [4.69, 9.17) is 0 Å². The standard InChI is InChI=1S/C17H15F2N5O3S/c1-10(28(26,27)14-6-3-12(18)4-7-14)17(25)20-16-9-13(5-8-15(16)19)24-11(2)21-22-23-24/h3-10H,1-2H3,(H,20,25). The maximum Gasteiger partial charge on any atom is 0.242 e. The first kappa shape index (κ1) is 19.5. The van der Waals surface area contributed by atoms with Gasteiger partial charge in [-0.05, 0) is 66.7 Å². The fourth-order valence-electron chi connectivity index (χ4n) is 2.41. The van der Waals surface area contributed by atoms with E-state index in [1.165, 1.54) is 23.7 Å². The van der Waals surface area contributed by atoms with Gasteiger partial charge in [0.1, 0.15) is 16.9 Å². The number of nitrogens with zero attached hydrogens (tertiary/aromatic N) is 4. The number of rotatable bonds is 5. The van der Waals surface area contributed by atoms with Gasteiger partial charge in [0.05, 0.1) is 16.3 Å². The Morgan fingerprint density at radius 1 is 1.14 bits per heavy atom. The molecule has 0 radical (unpaired) electrons. The molecule has 146 valence electrons. The molecule has 1 N–H and O–H groups in total. The summed E-state index contributed by atoms with van der Waals surface area (Å²) in [5.74, 6) is -1.85. The molecule has 2 aromatic carbocycles. The average Bonchev–Trinajstić information content (AvgIpc) is 3.09. The molecule has 28 heavy (non-hydrogen) atoms. The van der Waals surface area contributed by atoms with Gasteiger partial charge >= 0.3 is 0 Å². The first-order valence-electron chi connectivity index (χ1n) is 8.05. The lowest BCUT2D eigenvalue weighted by atomic mass is 10.2. The fourth-order valence-corrected chi connectivity index (χ4v) is 3.68. The smallest absolute Gasteiger partial charge is 0.242 e. The first-order chi connectivity index (χ1) is 13.2. The maximum absolute atomic E-state index is 14.1. The molecule has 0 bridgehead atoms. The lowest BCUT2D eigenvalue weighted by molar-refractivity contribution is -0.115. The predicted octanol–water partition coefficient (Wildman–Crippen LogP) is 2.05. The number of hydrogen-bond acceptors (Lipinski definition) is 6. The maximum atomic E-state index is 14.1. The Kier molecular flexibility index (Phi) is 5.18. The van der Waals surface area contributed by atoms with Crippen molar-refractivity contribution in [2.45, 2.75) is 24.0 Å². The molecule has 1 heterocycles. The summed E-state index contributed by atoms with van der Waals surface area (Å²) in [7, 11) is -4.09. The van der Waals surface area contributed by atoms with Crippen LogP contribution >= 0.6 is 0 Å². The minimum Gasteiger partial charge on any atom is -0.322 e. The molecule has 0 saturated heterocycles. The van der Waals surface area contributed by atoms with E-state index in [0.29, 0.717) is 11.5 Å². The summed E-state index contributed by atoms with van der Waals surface area (Å²) in [6.45, 7) is 2.81. The molecule has 0 saturated carbocycles. The van der Waals surface area contributed by atoms with Crippen LogP contribution in [0.2, 0.25) is 0 Å². The van der Waals surface area contributed by atoms with E-state index < -0.39 is 32.6 Å². The SMILES string of the molecule is Cc1nnnn1-c1ccc(F)c(NC(=O)C(C)S(=O)(=O)c2ccc(F)cc2)c1. The fraction of sp³-hybridized carbons (Fsp3) is 0.176. The zero-order valence-electron chi connectivity index (χ0n) is 14.8. The Labute approximate surface area is 159 Å². The topological polar surface area (TPSA) is 107 Å². The molecule has 0 spiro atoms. The third-order valence-electron chi connectivity index (χ3n) is 4.05. The van der Waals surface area contributed by atoms with Crippen LogP contribution in [0.25, 0.3) is 5.69 Å². The van der Waals surface area contributed by atoms with Gasteiger partial charge in [-0.25, -0.2) is 17.2 Å². The number of benzene rings is 2. The van der Waals surface area contributed by atoms with Crippen molar-refractivity contribution in [1.82, 2.24) is 20.2 Å². The van der Waals surface area contributed by atoms with Gasteiger partial charge in [0.2, 0.25) is 5.91 Å². The number of anilines is 1. The predicted molar refractivity (Wildman–Crippen MR) is 95.5 cm³/mol. The summed E-state index contributed by atoms with van der Waals surface area (Å²) in [6, 6.07) is 7.89. The molecular formula is C17H15F2N5O3S. The van der Waals surface area contributed by atoms with E-state index in [0.717, 1.165) is 30.3 Å². The number of tetrazole rings is 1. The number of aromatic nitrogens is 4. The second kappa shape index (κ2) is 7.43. The van der Waals surface area contributed by atoms with Crippen LogP contribution in [-0.2, 0) is 14.6 Å². The molecule has 0 fully saturated rings. The normalized spacial score (nSPS) is 12.6. The van der Waals surface area contributed by atoms with Crippen molar-refractivity contribution < 1.29 is 22.0 Å². The first-order valence-corrected chi connectivity index (χ1v) is 9.60. The number of nitrogens with one attached hydrogen (secondary N) is 1. The second-order valence-electron chi connectivity index (χ2n) is 5.93. The number of aryl methyl sites for hydroxylation is 1. The van der Waals surface area contributed by atoms with Crippen LogP contribution in [0.4, 0.5) is 14.5 Å². The molecule has 8 nitrogen and oxygen atoms in total. The molecule has 3 aromatic rings. The van der Waals surface area contributed by atoms with E-state index in [1.807, 2.05) is 0 Å². The van der Waals surface area contributed by atoms with Crippen LogP contribution in [0.1, 0.15) is 12.7 Å². The van der Waals surface area contributed by atoms with Crippen LogP contribution in [0.15, 0.2) is 47.4 Å². The summed E-state index contributed by atoms with van der Waals surface area (Å²) in [4.78, 5) is 12.2. The van der Waals surface area contributed by atoms with Crippen LogP contribution in [0.5, 0.6) is 0 Å². The summed E-state index contributed by atoms with van der Waals surface area (Å²) in [6.07, 6.45) is 0. The lowest BCUT2D eigenvalue weighted by Crippen LogP contribution is -2.33. The highest BCUT2D eigenvalue weighted by atomic mass is 32.2. The summed E-state index contributed by atoms with van der Waals surface area (Å²) in [5, 5.41) is 11.7. The van der Waals surface area contributed by atoms with Crippen molar-refractivity contribution in [3.05, 3.63) is 59.9 Å². The molecule has 0 aliphatic rings. The molecule has 3 rings (SSSR count). The third-order valence-corrected chi connectivity index (χ3v) is 6.13. The van der Waals surface area contributed by atoms with Gasteiger partial charge in [-0.1, -0.05) is 0 Å². The number of halogens is 2. The number of sulfone groups is 1. The van der Waals surface area contributed by atoms with Crippen molar-refractivity contribution in [1.29, 1.82) is 0 Å². The van der Waals surface area contributed by atoms with E-state index in [2.05, 4.69) is 20.8 Å². The average molecular weight is 407 g/mol. The van der Waals surface area contributed by atoms with Gasteiger partial charge < -0.3 is 5.32 Å². The number of hydrogen-bond donors (Lipinski definition) is 1. The quantitative estimate of drug-likeness (QED) is 0.649. The molecular weight excluding hydrogens is 392 g/mol. The number of carbonyl (C=O) groups excluding carboxylic acids is 1. The molecule has 11 heteroatoms. The minimum atomic E-state index is -4.09.